The number of rotatable bonds is 22. The fourth-order valence-electron chi connectivity index (χ4n) is 11.0. The van der Waals surface area contributed by atoms with E-state index in [9.17, 15) is 92.8 Å². The van der Waals surface area contributed by atoms with Crippen molar-refractivity contribution in [2.45, 2.75) is 96.6 Å². The molecule has 0 spiro atoms. The van der Waals surface area contributed by atoms with Crippen molar-refractivity contribution in [3.05, 3.63) is 137 Å². The van der Waals surface area contributed by atoms with Crippen LogP contribution >= 0.6 is 0 Å². The Bertz CT molecular complexity index is 4600. The van der Waals surface area contributed by atoms with E-state index in [0.717, 1.165) is 24.3 Å². The van der Waals surface area contributed by atoms with Crippen LogP contribution in [0.5, 0.6) is 11.8 Å². The smallest absolute Gasteiger partial charge is 0.333 e. The van der Waals surface area contributed by atoms with Crippen LogP contribution in [-0.2, 0) is 82.8 Å². The monoisotopic (exact) mass is 1290 g/mol. The molecule has 1 aromatic heterocycles. The SMILES string of the molecule is CC1(C)C(=CC=C(C=CC2=[N+](CCCCS(=O)(=O)O)c3ccc4c(S(=O)(=O)O)cc(S(=O)(=O)O)cc4c3C2(C)C)c2cccc(CCC(=O)On3c(O)ccc3O)c2)N(CCCCS(=O)(=O)O)c2ccc3c(S(=O)(=O)O)cc(S(=O)(=O)O)cc3c21. The van der Waals surface area contributed by atoms with Crippen molar-refractivity contribution in [3.63, 3.8) is 0 Å². The highest BCUT2D eigenvalue weighted by atomic mass is 32.2. The maximum Gasteiger partial charge on any atom is 0.333 e. The third kappa shape index (κ3) is 13.9. The molecule has 0 saturated carbocycles. The fraction of sp³-hybridized carbons (Fsp3) is 0.296. The van der Waals surface area contributed by atoms with Crippen molar-refractivity contribution >= 4 is 111 Å². The number of allylic oxidation sites excluding steroid dienone is 6. The molecule has 0 radical (unpaired) electrons. The first-order valence-corrected chi connectivity index (χ1v) is 34.6. The summed E-state index contributed by atoms with van der Waals surface area (Å²) in [5, 5.41) is 19.9. The predicted molar refractivity (Wildman–Crippen MR) is 311 cm³/mol. The lowest BCUT2D eigenvalue weighted by Crippen LogP contribution is -2.28. The van der Waals surface area contributed by atoms with E-state index in [0.29, 0.717) is 67.5 Å². The van der Waals surface area contributed by atoms with Gasteiger partial charge < -0.3 is 20.0 Å². The second kappa shape index (κ2) is 23.1. The number of carbonyl (C=O) groups excluding carboxylic acids is 1. The highest BCUT2D eigenvalue weighted by Crippen LogP contribution is 2.52. The van der Waals surface area contributed by atoms with Crippen molar-refractivity contribution in [1.82, 2.24) is 4.73 Å². The van der Waals surface area contributed by atoms with Crippen molar-refractivity contribution < 1.29 is 102 Å². The van der Waals surface area contributed by atoms with Gasteiger partial charge in [0.1, 0.15) is 16.3 Å². The van der Waals surface area contributed by atoms with Gasteiger partial charge in [-0.15, -0.1) is 4.73 Å². The van der Waals surface area contributed by atoms with Crippen LogP contribution in [0.2, 0.25) is 0 Å². The van der Waals surface area contributed by atoms with Gasteiger partial charge >= 0.3 is 5.97 Å². The molecule has 0 atom stereocenters. The Labute approximate surface area is 490 Å². The molecule has 25 nitrogen and oxygen atoms in total. The number of benzene rings is 5. The lowest BCUT2D eigenvalue weighted by Gasteiger charge is -2.27. The lowest BCUT2D eigenvalue weighted by molar-refractivity contribution is -0.438. The summed E-state index contributed by atoms with van der Waals surface area (Å²) in [7, 11) is -29.3. The number of hydrogen-bond donors (Lipinski definition) is 8. The van der Waals surface area contributed by atoms with E-state index in [1.807, 2.05) is 0 Å². The van der Waals surface area contributed by atoms with Gasteiger partial charge in [0, 0.05) is 70.4 Å². The number of aryl methyl sites for hydroxylation is 1. The van der Waals surface area contributed by atoms with E-state index in [4.69, 9.17) is 4.84 Å². The summed E-state index contributed by atoms with van der Waals surface area (Å²) >= 11 is 0. The maximum atomic E-state index is 13.0. The molecule has 8 N–H and O–H groups in total. The molecular weight excluding hydrogens is 1230 g/mol. The van der Waals surface area contributed by atoms with Crippen LogP contribution < -0.4 is 9.74 Å². The Kier molecular flexibility index (Phi) is 17.4. The van der Waals surface area contributed by atoms with Crippen LogP contribution in [0, 0.1) is 0 Å². The first kappa shape index (κ1) is 64.1. The number of fused-ring (bicyclic) bond motifs is 6. The van der Waals surface area contributed by atoms with Crippen molar-refractivity contribution in [3.8, 4) is 11.8 Å². The Morgan fingerprint density at radius 1 is 0.600 bits per heavy atom. The van der Waals surface area contributed by atoms with Crippen LogP contribution in [0.3, 0.4) is 0 Å². The second-order valence-electron chi connectivity index (χ2n) is 21.3. The molecule has 0 fully saturated rings. The van der Waals surface area contributed by atoms with Gasteiger partial charge in [0.2, 0.25) is 17.4 Å². The van der Waals surface area contributed by atoms with Crippen LogP contribution in [0.25, 0.3) is 27.1 Å². The van der Waals surface area contributed by atoms with Gasteiger partial charge in [-0.25, -0.2) is 4.79 Å². The molecule has 0 saturated heterocycles. The van der Waals surface area contributed by atoms with E-state index in [-0.39, 0.29) is 73.2 Å². The molecule has 2 aliphatic rings. The van der Waals surface area contributed by atoms with E-state index >= 15 is 0 Å². The quantitative estimate of drug-likeness (QED) is 0.0150. The molecule has 3 heterocycles. The molecule has 31 heteroatoms. The molecule has 0 unspecified atom stereocenters. The van der Waals surface area contributed by atoms with Crippen LogP contribution in [-0.4, -0.2) is 134 Å². The first-order chi connectivity index (χ1) is 39.2. The number of aromatic nitrogens is 1. The zero-order valence-corrected chi connectivity index (χ0v) is 50.4. The van der Waals surface area contributed by atoms with Gasteiger partial charge in [-0.2, -0.15) is 55.1 Å². The van der Waals surface area contributed by atoms with Crippen LogP contribution in [0.15, 0.2) is 135 Å². The fourth-order valence-corrected chi connectivity index (χ4v) is 14.8. The third-order valence-corrected chi connectivity index (χ3v) is 19.8. The molecule has 0 aliphatic carbocycles. The largest absolute Gasteiger partial charge is 0.492 e. The Balaban J connectivity index is 1.35. The van der Waals surface area contributed by atoms with Crippen LogP contribution in [0.1, 0.15) is 82.1 Å². The van der Waals surface area contributed by atoms with Gasteiger partial charge in [0.15, 0.2) is 5.71 Å². The summed E-state index contributed by atoms with van der Waals surface area (Å²) in [6.45, 7) is 6.96. The number of unbranched alkanes of at least 4 members (excludes halogenated alkanes) is 2. The van der Waals surface area contributed by atoms with Gasteiger partial charge in [-0.1, -0.05) is 50.3 Å². The molecule has 6 aromatic rings. The molecule has 2 aliphatic heterocycles. The van der Waals surface area contributed by atoms with E-state index in [2.05, 4.69) is 0 Å². The average Bonchev–Trinajstić information content (AvgIpc) is 1.66. The van der Waals surface area contributed by atoms with Gasteiger partial charge in [0.05, 0.1) is 33.1 Å². The topological polar surface area (TPSA) is 404 Å². The number of carbonyl (C=O) groups is 1. The summed E-state index contributed by atoms with van der Waals surface area (Å²) in [5.74, 6) is -3.16. The van der Waals surface area contributed by atoms with Gasteiger partial charge in [0.25, 0.3) is 60.7 Å². The summed E-state index contributed by atoms with van der Waals surface area (Å²) in [6.07, 6.45) is 6.62. The highest BCUT2D eigenvalue weighted by Gasteiger charge is 2.47. The Hall–Kier alpha value is -6.88. The lowest BCUT2D eigenvalue weighted by atomic mass is 9.78. The Morgan fingerprint density at radius 3 is 1.68 bits per heavy atom. The molecule has 5 aromatic carbocycles. The molecule has 8 rings (SSSR count). The van der Waals surface area contributed by atoms with E-state index in [1.54, 1.807) is 85.7 Å². The second-order valence-corrected chi connectivity index (χ2v) is 30.1. The normalized spacial score (nSPS) is 16.3. The number of anilines is 1. The number of aromatic hydroxyl groups is 2. The minimum Gasteiger partial charge on any atom is -0.492 e. The summed E-state index contributed by atoms with van der Waals surface area (Å²) in [5.41, 5.74) is 1.16. The zero-order chi connectivity index (χ0) is 62.8. The predicted octanol–water partition coefficient (Wildman–Crippen LogP) is 6.81. The number of nitrogens with zero attached hydrogens (tertiary/aromatic N) is 3. The van der Waals surface area contributed by atoms with Crippen molar-refractivity contribution in [1.29, 1.82) is 0 Å². The first-order valence-electron chi connectivity index (χ1n) is 25.6. The molecule has 0 bridgehead atoms. The van der Waals surface area contributed by atoms with Gasteiger partial charge in [-0.3, -0.25) is 27.3 Å². The molecule has 456 valence electrons. The van der Waals surface area contributed by atoms with Crippen molar-refractivity contribution in [2.24, 2.45) is 0 Å². The average molecular weight is 1290 g/mol. The van der Waals surface area contributed by atoms with E-state index < -0.39 is 120 Å². The summed E-state index contributed by atoms with van der Waals surface area (Å²) < 4.78 is 212. The molecular formula is C54H58N3O22S6+. The highest BCUT2D eigenvalue weighted by molar-refractivity contribution is 7.87. The minimum absolute atomic E-state index is 0.00911. The third-order valence-electron chi connectivity index (χ3n) is 14.7. The molecule has 85 heavy (non-hydrogen) atoms. The standard InChI is InChI=1S/C54H57N3O22S6/c1-53(2)46(55(24-5-7-26-80(61,62)63)42-17-15-38-40(51(42)53)29-36(82(67,68)69)31-44(38)84(73,74)75)19-13-34(35-11-9-10-33(28-35)12-23-50(60)79-57-48(58)21-22-49(57)59)14-20-47-54(3,4)52-41-30-37(83(70,71)72)32-45(85(76,77)78)39(41)16-18-43(52)56(47)25-6-8-27-81(64,65)66/h9-11,13-22,28-32H,5-8,12,23-27H2,1-4H3,(H7-,58,59,61,62,63,64,65,66,67,68,69,70,71,72,73,74,75,76,77,78)/p+1. The van der Waals surface area contributed by atoms with E-state index in [1.165, 1.54) is 24.3 Å². The minimum atomic E-state index is -5.14. The summed E-state index contributed by atoms with van der Waals surface area (Å²) in [6, 6.07) is 18.0. The van der Waals surface area contributed by atoms with Crippen molar-refractivity contribution in [2.75, 3.05) is 29.5 Å². The van der Waals surface area contributed by atoms with Crippen LogP contribution in [0.4, 0.5) is 11.4 Å². The Morgan fingerprint density at radius 2 is 1.14 bits per heavy atom. The summed E-state index contributed by atoms with van der Waals surface area (Å²) in [4.78, 5) is 16.6. The molecule has 0 amide bonds. The maximum absolute atomic E-state index is 13.0. The van der Waals surface area contributed by atoms with Gasteiger partial charge in [-0.05, 0) is 121 Å². The number of hydrogen-bond acceptors (Lipinski definition) is 17. The zero-order valence-electron chi connectivity index (χ0n) is 45.5.